The van der Waals surface area contributed by atoms with Crippen LogP contribution in [-0.4, -0.2) is 5.78 Å². The molecule has 0 aliphatic heterocycles. The first-order chi connectivity index (χ1) is 5.72. The van der Waals surface area contributed by atoms with Gasteiger partial charge in [-0.2, -0.15) is 0 Å². The molecule has 12 heavy (non-hydrogen) atoms. The Bertz CT molecular complexity index is 181. The molecule has 0 aromatic rings. The fourth-order valence-corrected chi connectivity index (χ4v) is 1.89. The zero-order valence-electron chi connectivity index (χ0n) is 8.10. The second-order valence-corrected chi connectivity index (χ2v) is 3.76. The largest absolute Gasteiger partial charge is 0.295 e. The van der Waals surface area contributed by atoms with E-state index in [-0.39, 0.29) is 5.78 Å². The first-order valence-corrected chi connectivity index (χ1v) is 4.92. The predicted molar refractivity (Wildman–Crippen MR) is 51.0 cm³/mol. The maximum absolute atomic E-state index is 10.8. The highest BCUT2D eigenvalue weighted by molar-refractivity contribution is 5.87. The van der Waals surface area contributed by atoms with E-state index in [1.807, 2.05) is 6.08 Å². The van der Waals surface area contributed by atoms with Gasteiger partial charge in [0.1, 0.15) is 0 Å². The minimum atomic E-state index is 0.208. The van der Waals surface area contributed by atoms with E-state index >= 15 is 0 Å². The Morgan fingerprint density at radius 3 is 2.50 bits per heavy atom. The summed E-state index contributed by atoms with van der Waals surface area (Å²) in [5.74, 6) is 1.12. The van der Waals surface area contributed by atoms with Crippen LogP contribution in [0.5, 0.6) is 0 Å². The number of carbonyl (C=O) groups excluding carboxylic acids is 1. The van der Waals surface area contributed by atoms with Crippen molar-refractivity contribution in [3.63, 3.8) is 0 Å². The van der Waals surface area contributed by atoms with Crippen LogP contribution < -0.4 is 0 Å². The van der Waals surface area contributed by atoms with Gasteiger partial charge in [0.15, 0.2) is 5.78 Å². The van der Waals surface area contributed by atoms with Gasteiger partial charge in [0.25, 0.3) is 0 Å². The number of carbonyl (C=O) groups is 1. The molecule has 1 aliphatic rings. The molecule has 0 heterocycles. The molecular formula is C11H18O. The molecule has 0 unspecified atom stereocenters. The van der Waals surface area contributed by atoms with E-state index < -0.39 is 0 Å². The van der Waals surface area contributed by atoms with Gasteiger partial charge >= 0.3 is 0 Å². The van der Waals surface area contributed by atoms with Crippen LogP contribution in [0.15, 0.2) is 11.6 Å². The molecule has 0 saturated heterocycles. The van der Waals surface area contributed by atoms with Crippen LogP contribution in [0, 0.1) is 5.92 Å². The summed E-state index contributed by atoms with van der Waals surface area (Å²) in [7, 11) is 0. The summed E-state index contributed by atoms with van der Waals surface area (Å²) in [6.45, 7) is 3.89. The second-order valence-electron chi connectivity index (χ2n) is 3.76. The van der Waals surface area contributed by atoms with Gasteiger partial charge < -0.3 is 0 Å². The third kappa shape index (κ3) is 2.80. The standard InChI is InChI=1S/C11H18O/c1-3-10-4-6-11(7-5-10)8-9(2)12/h8,10H,3-7H2,1-2H3. The lowest BCUT2D eigenvalue weighted by molar-refractivity contribution is -0.112. The Hall–Kier alpha value is -0.590. The zero-order valence-corrected chi connectivity index (χ0v) is 8.10. The Morgan fingerprint density at radius 1 is 1.50 bits per heavy atom. The van der Waals surface area contributed by atoms with Gasteiger partial charge in [-0.05, 0) is 44.6 Å². The molecule has 0 atom stereocenters. The molecule has 1 fully saturated rings. The zero-order chi connectivity index (χ0) is 8.97. The average Bonchev–Trinajstić information content (AvgIpc) is 2.05. The minimum Gasteiger partial charge on any atom is -0.295 e. The van der Waals surface area contributed by atoms with Gasteiger partial charge in [0.05, 0.1) is 0 Å². The molecule has 0 bridgehead atoms. The summed E-state index contributed by atoms with van der Waals surface area (Å²) >= 11 is 0. The Morgan fingerprint density at radius 2 is 2.08 bits per heavy atom. The van der Waals surface area contributed by atoms with Crippen molar-refractivity contribution in [3.05, 3.63) is 11.6 Å². The van der Waals surface area contributed by atoms with Gasteiger partial charge in [-0.1, -0.05) is 18.9 Å². The molecule has 0 aromatic heterocycles. The summed E-state index contributed by atoms with van der Waals surface area (Å²) < 4.78 is 0. The summed E-state index contributed by atoms with van der Waals surface area (Å²) in [6, 6.07) is 0. The second kappa shape index (κ2) is 4.44. The minimum absolute atomic E-state index is 0.208. The highest BCUT2D eigenvalue weighted by Crippen LogP contribution is 2.29. The van der Waals surface area contributed by atoms with Crippen molar-refractivity contribution in [1.29, 1.82) is 0 Å². The Kier molecular flexibility index (Phi) is 3.51. The molecule has 68 valence electrons. The lowest BCUT2D eigenvalue weighted by Gasteiger charge is -2.22. The molecule has 1 aliphatic carbocycles. The van der Waals surface area contributed by atoms with Crippen LogP contribution in [0.2, 0.25) is 0 Å². The number of allylic oxidation sites excluding steroid dienone is 2. The summed E-state index contributed by atoms with van der Waals surface area (Å²) in [6.07, 6.45) is 8.00. The van der Waals surface area contributed by atoms with Gasteiger partial charge in [-0.15, -0.1) is 0 Å². The summed E-state index contributed by atoms with van der Waals surface area (Å²) in [4.78, 5) is 10.8. The molecule has 1 saturated carbocycles. The van der Waals surface area contributed by atoms with Crippen molar-refractivity contribution in [2.75, 3.05) is 0 Å². The smallest absolute Gasteiger partial charge is 0.152 e. The lowest BCUT2D eigenvalue weighted by atomic mass is 9.84. The van der Waals surface area contributed by atoms with Crippen LogP contribution in [0.1, 0.15) is 46.0 Å². The normalized spacial score (nSPS) is 23.8. The number of rotatable bonds is 2. The third-order valence-corrected chi connectivity index (χ3v) is 2.73. The Labute approximate surface area is 74.9 Å². The van der Waals surface area contributed by atoms with Gasteiger partial charge in [0.2, 0.25) is 0 Å². The van der Waals surface area contributed by atoms with Crippen LogP contribution in [0.3, 0.4) is 0 Å². The van der Waals surface area contributed by atoms with Crippen molar-refractivity contribution in [2.24, 2.45) is 5.92 Å². The van der Waals surface area contributed by atoms with E-state index in [9.17, 15) is 4.79 Å². The van der Waals surface area contributed by atoms with Crippen LogP contribution in [-0.2, 0) is 4.79 Å². The van der Waals surface area contributed by atoms with Crippen LogP contribution in [0.25, 0.3) is 0 Å². The Balaban J connectivity index is 2.40. The van der Waals surface area contributed by atoms with Gasteiger partial charge in [-0.3, -0.25) is 4.79 Å². The van der Waals surface area contributed by atoms with Gasteiger partial charge in [-0.25, -0.2) is 0 Å². The van der Waals surface area contributed by atoms with Crippen LogP contribution in [0.4, 0.5) is 0 Å². The van der Waals surface area contributed by atoms with Crippen molar-refractivity contribution in [1.82, 2.24) is 0 Å². The highest BCUT2D eigenvalue weighted by atomic mass is 16.1. The van der Waals surface area contributed by atoms with E-state index in [2.05, 4.69) is 6.92 Å². The molecule has 0 spiro atoms. The first kappa shape index (κ1) is 9.50. The fraction of sp³-hybridized carbons (Fsp3) is 0.727. The van der Waals surface area contributed by atoms with Crippen molar-refractivity contribution < 1.29 is 4.79 Å². The van der Waals surface area contributed by atoms with E-state index in [0.717, 1.165) is 18.8 Å². The fourth-order valence-electron chi connectivity index (χ4n) is 1.89. The lowest BCUT2D eigenvalue weighted by Crippen LogP contribution is -2.07. The highest BCUT2D eigenvalue weighted by Gasteiger charge is 2.14. The third-order valence-electron chi connectivity index (χ3n) is 2.73. The van der Waals surface area contributed by atoms with Crippen molar-refractivity contribution in [3.8, 4) is 0 Å². The predicted octanol–water partition coefficient (Wildman–Crippen LogP) is 3.10. The maximum Gasteiger partial charge on any atom is 0.152 e. The van der Waals surface area contributed by atoms with E-state index in [1.165, 1.54) is 24.8 Å². The average molecular weight is 166 g/mol. The first-order valence-electron chi connectivity index (χ1n) is 4.92. The topological polar surface area (TPSA) is 17.1 Å². The monoisotopic (exact) mass is 166 g/mol. The number of hydrogen-bond donors (Lipinski definition) is 0. The molecule has 0 radical (unpaired) electrons. The van der Waals surface area contributed by atoms with E-state index in [0.29, 0.717) is 0 Å². The quantitative estimate of drug-likeness (QED) is 0.576. The summed E-state index contributed by atoms with van der Waals surface area (Å²) in [5.41, 5.74) is 1.37. The summed E-state index contributed by atoms with van der Waals surface area (Å²) in [5, 5.41) is 0. The SMILES string of the molecule is CCC1CCC(=CC(C)=O)CC1. The molecule has 0 aromatic carbocycles. The molecule has 1 nitrogen and oxygen atoms in total. The van der Waals surface area contributed by atoms with Crippen molar-refractivity contribution >= 4 is 5.78 Å². The molecule has 0 amide bonds. The van der Waals surface area contributed by atoms with Crippen molar-refractivity contribution in [2.45, 2.75) is 46.0 Å². The van der Waals surface area contributed by atoms with Gasteiger partial charge in [0, 0.05) is 0 Å². The number of hydrogen-bond acceptors (Lipinski definition) is 1. The molecule has 1 heteroatoms. The van der Waals surface area contributed by atoms with E-state index in [1.54, 1.807) is 6.92 Å². The molecule has 1 rings (SSSR count). The van der Waals surface area contributed by atoms with E-state index in [4.69, 9.17) is 0 Å². The number of ketones is 1. The maximum atomic E-state index is 10.8. The van der Waals surface area contributed by atoms with Crippen LogP contribution >= 0.6 is 0 Å². The molecular weight excluding hydrogens is 148 g/mol. The molecule has 0 N–H and O–H groups in total.